The average Bonchev–Trinajstić information content (AvgIpc) is 3.14. The van der Waals surface area contributed by atoms with Crippen molar-refractivity contribution in [2.45, 2.75) is 12.1 Å². The standard InChI is InChI=1S/C23H14F5NO3/c1-32-21(31)17-16(19(30)14-8-3-2-4-9-14)18-15-10-6-5-7-13(15)11-12-29(18)20(17)22(24,25)23(26,27)28/h2-12H,1H3. The zero-order chi connectivity index (χ0) is 23.3. The maximum absolute atomic E-state index is 14.8. The summed E-state index contributed by atoms with van der Waals surface area (Å²) < 4.78 is 75.0. The van der Waals surface area contributed by atoms with Crippen molar-refractivity contribution in [3.63, 3.8) is 0 Å². The fraction of sp³-hybridized carbons (Fsp3) is 0.130. The predicted molar refractivity (Wildman–Crippen MR) is 106 cm³/mol. The van der Waals surface area contributed by atoms with Crippen LogP contribution in [0, 0.1) is 0 Å². The summed E-state index contributed by atoms with van der Waals surface area (Å²) in [4.78, 5) is 26.0. The quantitative estimate of drug-likeness (QED) is 0.227. The summed E-state index contributed by atoms with van der Waals surface area (Å²) in [6, 6.07) is 15.0. The Morgan fingerprint density at radius 3 is 2.09 bits per heavy atom. The van der Waals surface area contributed by atoms with E-state index in [1.165, 1.54) is 36.4 Å². The number of halogens is 5. The van der Waals surface area contributed by atoms with E-state index in [9.17, 15) is 31.5 Å². The molecule has 0 radical (unpaired) electrons. The first-order chi connectivity index (χ1) is 15.1. The Balaban J connectivity index is 2.26. The van der Waals surface area contributed by atoms with E-state index in [1.807, 2.05) is 0 Å². The van der Waals surface area contributed by atoms with Crippen molar-refractivity contribution < 1.29 is 36.3 Å². The first kappa shape index (κ1) is 21.5. The molecule has 0 N–H and O–H groups in total. The molecule has 2 aromatic heterocycles. The van der Waals surface area contributed by atoms with E-state index in [1.54, 1.807) is 24.3 Å². The Morgan fingerprint density at radius 2 is 1.47 bits per heavy atom. The van der Waals surface area contributed by atoms with Gasteiger partial charge in [0.15, 0.2) is 5.78 Å². The van der Waals surface area contributed by atoms with Crippen molar-refractivity contribution in [3.05, 3.63) is 89.2 Å². The van der Waals surface area contributed by atoms with Gasteiger partial charge in [0.25, 0.3) is 0 Å². The largest absolute Gasteiger partial charge is 0.465 e. The number of benzene rings is 2. The number of hydrogen-bond donors (Lipinski definition) is 0. The van der Waals surface area contributed by atoms with Crippen molar-refractivity contribution in [2.75, 3.05) is 7.11 Å². The average molecular weight is 447 g/mol. The third-order valence-corrected chi connectivity index (χ3v) is 5.13. The summed E-state index contributed by atoms with van der Waals surface area (Å²) in [5, 5.41) is 0.710. The van der Waals surface area contributed by atoms with Gasteiger partial charge in [-0.15, -0.1) is 0 Å². The number of alkyl halides is 5. The Hall–Kier alpha value is -3.75. The number of carbonyl (C=O) groups is 2. The molecule has 164 valence electrons. The topological polar surface area (TPSA) is 47.8 Å². The van der Waals surface area contributed by atoms with Gasteiger partial charge in [0.05, 0.1) is 23.8 Å². The molecule has 9 heteroatoms. The normalized spacial score (nSPS) is 12.3. The van der Waals surface area contributed by atoms with Crippen LogP contribution in [0.3, 0.4) is 0 Å². The molecule has 0 saturated carbocycles. The fourth-order valence-electron chi connectivity index (χ4n) is 3.71. The number of hydrogen-bond acceptors (Lipinski definition) is 3. The molecule has 0 bridgehead atoms. The van der Waals surface area contributed by atoms with Crippen molar-refractivity contribution in [2.24, 2.45) is 0 Å². The highest BCUT2D eigenvalue weighted by Gasteiger charge is 2.62. The summed E-state index contributed by atoms with van der Waals surface area (Å²) in [5.41, 5.74) is -3.60. The maximum atomic E-state index is 14.8. The second-order valence-electron chi connectivity index (χ2n) is 6.98. The number of ether oxygens (including phenoxy) is 1. The van der Waals surface area contributed by atoms with Crippen LogP contribution in [-0.4, -0.2) is 29.4 Å². The van der Waals surface area contributed by atoms with Crippen LogP contribution in [-0.2, 0) is 10.7 Å². The Kier molecular flexibility index (Phi) is 4.99. The molecule has 0 atom stereocenters. The smallest absolute Gasteiger partial charge is 0.459 e. The van der Waals surface area contributed by atoms with Crippen molar-refractivity contribution in [3.8, 4) is 0 Å². The van der Waals surface area contributed by atoms with E-state index in [0.717, 1.165) is 13.3 Å². The minimum Gasteiger partial charge on any atom is -0.465 e. The van der Waals surface area contributed by atoms with Gasteiger partial charge in [-0.1, -0.05) is 54.6 Å². The van der Waals surface area contributed by atoms with Crippen molar-refractivity contribution >= 4 is 28.0 Å². The number of pyridine rings is 1. The van der Waals surface area contributed by atoms with Crippen LogP contribution in [0.2, 0.25) is 0 Å². The number of methoxy groups -OCH3 is 1. The summed E-state index contributed by atoms with van der Waals surface area (Å²) in [6.45, 7) is 0. The number of rotatable bonds is 4. The molecule has 4 nitrogen and oxygen atoms in total. The molecule has 0 aliphatic rings. The zero-order valence-corrected chi connectivity index (χ0v) is 16.4. The lowest BCUT2D eigenvalue weighted by Gasteiger charge is -2.21. The number of nitrogens with zero attached hydrogens (tertiary/aromatic N) is 1. The monoisotopic (exact) mass is 447 g/mol. The van der Waals surface area contributed by atoms with Crippen LogP contribution in [0.4, 0.5) is 22.0 Å². The molecule has 0 aliphatic carbocycles. The van der Waals surface area contributed by atoms with Gasteiger partial charge >= 0.3 is 18.1 Å². The summed E-state index contributed by atoms with van der Waals surface area (Å²) >= 11 is 0. The van der Waals surface area contributed by atoms with Crippen molar-refractivity contribution in [1.82, 2.24) is 4.40 Å². The lowest BCUT2D eigenvalue weighted by atomic mass is 9.96. The van der Waals surface area contributed by atoms with Gasteiger partial charge in [-0.25, -0.2) is 4.79 Å². The highest BCUT2D eigenvalue weighted by molar-refractivity contribution is 6.22. The SMILES string of the molecule is COC(=O)c1c(C(=O)c2ccccc2)c2c3ccccc3ccn2c1C(F)(F)C(F)(F)F. The first-order valence-electron chi connectivity index (χ1n) is 9.28. The molecule has 0 saturated heterocycles. The van der Waals surface area contributed by atoms with Crippen LogP contribution < -0.4 is 0 Å². The Morgan fingerprint density at radius 1 is 0.844 bits per heavy atom. The number of esters is 1. The van der Waals surface area contributed by atoms with E-state index in [4.69, 9.17) is 0 Å². The fourth-order valence-corrected chi connectivity index (χ4v) is 3.71. The molecule has 32 heavy (non-hydrogen) atoms. The highest BCUT2D eigenvalue weighted by Crippen LogP contribution is 2.48. The number of carbonyl (C=O) groups excluding carboxylic acids is 2. The van der Waals surface area contributed by atoms with E-state index in [0.29, 0.717) is 9.79 Å². The molecular formula is C23H14F5NO3. The molecule has 4 rings (SSSR count). The maximum Gasteiger partial charge on any atom is 0.459 e. The summed E-state index contributed by atoms with van der Waals surface area (Å²) in [5.74, 6) is -7.81. The molecule has 2 heterocycles. The van der Waals surface area contributed by atoms with Crippen LogP contribution in [0.5, 0.6) is 0 Å². The molecule has 2 aromatic carbocycles. The number of fused-ring (bicyclic) bond motifs is 3. The third-order valence-electron chi connectivity index (χ3n) is 5.13. The van der Waals surface area contributed by atoms with E-state index in [-0.39, 0.29) is 16.5 Å². The lowest BCUT2D eigenvalue weighted by Crippen LogP contribution is -2.36. The zero-order valence-electron chi connectivity index (χ0n) is 16.4. The van der Waals surface area contributed by atoms with Gasteiger partial charge in [0.1, 0.15) is 5.69 Å². The third kappa shape index (κ3) is 3.12. The van der Waals surface area contributed by atoms with Crippen molar-refractivity contribution in [1.29, 1.82) is 0 Å². The van der Waals surface area contributed by atoms with Crippen LogP contribution in [0.25, 0.3) is 16.3 Å². The second-order valence-corrected chi connectivity index (χ2v) is 6.98. The molecular weight excluding hydrogens is 433 g/mol. The lowest BCUT2D eigenvalue weighted by molar-refractivity contribution is -0.291. The van der Waals surface area contributed by atoms with Gasteiger partial charge in [-0.05, 0) is 11.5 Å². The van der Waals surface area contributed by atoms with E-state index in [2.05, 4.69) is 4.74 Å². The minimum atomic E-state index is -6.03. The van der Waals surface area contributed by atoms with Gasteiger partial charge in [-0.3, -0.25) is 4.79 Å². The summed E-state index contributed by atoms with van der Waals surface area (Å²) in [7, 11) is 0.842. The number of aromatic nitrogens is 1. The Labute approximate surface area is 177 Å². The highest BCUT2D eigenvalue weighted by atomic mass is 19.4. The van der Waals surface area contributed by atoms with Gasteiger partial charge in [0.2, 0.25) is 0 Å². The number of ketones is 1. The molecule has 0 amide bonds. The molecule has 4 aromatic rings. The first-order valence-corrected chi connectivity index (χ1v) is 9.28. The van der Waals surface area contributed by atoms with E-state index >= 15 is 0 Å². The van der Waals surface area contributed by atoms with Gasteiger partial charge < -0.3 is 9.14 Å². The minimum absolute atomic E-state index is 0.0139. The molecule has 0 unspecified atom stereocenters. The Bertz CT molecular complexity index is 1360. The van der Waals surface area contributed by atoms with Crippen LogP contribution in [0.1, 0.15) is 32.0 Å². The second kappa shape index (κ2) is 7.44. The van der Waals surface area contributed by atoms with Crippen LogP contribution in [0.15, 0.2) is 66.9 Å². The summed E-state index contributed by atoms with van der Waals surface area (Å²) in [6.07, 6.45) is -5.04. The van der Waals surface area contributed by atoms with Crippen LogP contribution >= 0.6 is 0 Å². The molecule has 0 aliphatic heterocycles. The molecule has 0 fully saturated rings. The van der Waals surface area contributed by atoms with Gasteiger partial charge in [-0.2, -0.15) is 22.0 Å². The van der Waals surface area contributed by atoms with Gasteiger partial charge in [0, 0.05) is 17.1 Å². The van der Waals surface area contributed by atoms with E-state index < -0.39 is 40.7 Å². The predicted octanol–water partition coefficient (Wildman–Crippen LogP) is 5.76. The molecule has 0 spiro atoms.